The maximum absolute atomic E-state index is 6.12. The zero-order valence-corrected chi connectivity index (χ0v) is 26.7. The Morgan fingerprint density at radius 2 is 0.733 bits per heavy atom. The number of rotatable bonds is 6. The minimum atomic E-state index is 0.890. The molecule has 0 spiro atoms. The molecular formula is C42H42N2O. The van der Waals surface area contributed by atoms with Gasteiger partial charge in [0, 0.05) is 44.9 Å². The monoisotopic (exact) mass is 590 g/mol. The molecule has 3 nitrogen and oxygen atoms in total. The van der Waals surface area contributed by atoms with Crippen molar-refractivity contribution in [1.82, 2.24) is 0 Å². The first-order valence-electron chi connectivity index (χ1n) is 15.9. The van der Waals surface area contributed by atoms with Crippen LogP contribution in [-0.2, 0) is 0 Å². The molecule has 0 saturated heterocycles. The van der Waals surface area contributed by atoms with Crippen molar-refractivity contribution in [1.29, 1.82) is 0 Å². The fraction of sp³-hybridized carbons (Fsp3) is 0.143. The van der Waals surface area contributed by atoms with E-state index in [1.54, 1.807) is 0 Å². The molecule has 1 heterocycles. The van der Waals surface area contributed by atoms with Gasteiger partial charge in [0.1, 0.15) is 11.2 Å². The van der Waals surface area contributed by atoms with Crippen molar-refractivity contribution in [3.63, 3.8) is 0 Å². The van der Waals surface area contributed by atoms with E-state index in [2.05, 4.69) is 183 Å². The average molecular weight is 591 g/mol. The van der Waals surface area contributed by atoms with Crippen LogP contribution in [0.5, 0.6) is 0 Å². The summed E-state index contributed by atoms with van der Waals surface area (Å²) in [6, 6.07) is 54.9. The van der Waals surface area contributed by atoms with E-state index in [9.17, 15) is 0 Å². The standard InChI is InChI=1S/C36H26N2O.2C3H8/c1-4-13-27(14-5-1)37(28-15-6-2-7-16-28)30-19-12-20-31(25-30)38(29-17-8-3-9-18-29)32-23-24-36-34(26-32)33-21-10-11-22-35(33)39-36;2*1-3-2/h1-26H;2*3H2,1-2H3. The first kappa shape index (κ1) is 31.2. The maximum Gasteiger partial charge on any atom is 0.135 e. The molecular weight excluding hydrogens is 548 g/mol. The molecule has 0 aliphatic heterocycles. The molecule has 0 atom stereocenters. The van der Waals surface area contributed by atoms with E-state index in [1.807, 2.05) is 12.1 Å². The smallest absolute Gasteiger partial charge is 0.135 e. The first-order chi connectivity index (χ1) is 22.2. The highest BCUT2D eigenvalue weighted by Gasteiger charge is 2.18. The van der Waals surface area contributed by atoms with E-state index in [4.69, 9.17) is 4.42 Å². The SMILES string of the molecule is CCC.CCC.c1ccc(N(c2ccccc2)c2cccc(N(c3ccccc3)c3ccc4oc5ccccc5c4c3)c2)cc1. The van der Waals surface area contributed by atoms with Crippen LogP contribution < -0.4 is 9.80 Å². The van der Waals surface area contributed by atoms with Crippen LogP contribution in [0.4, 0.5) is 34.1 Å². The minimum Gasteiger partial charge on any atom is -0.456 e. The van der Waals surface area contributed by atoms with Gasteiger partial charge < -0.3 is 14.2 Å². The Hall–Kier alpha value is -5.28. The molecule has 0 aliphatic rings. The molecule has 0 saturated carbocycles. The summed E-state index contributed by atoms with van der Waals surface area (Å²) in [7, 11) is 0. The molecule has 0 unspecified atom stereocenters. The predicted octanol–water partition coefficient (Wildman–Crippen LogP) is 13.4. The Bertz CT molecular complexity index is 1850. The fourth-order valence-electron chi connectivity index (χ4n) is 5.25. The number of furan rings is 1. The molecule has 7 aromatic rings. The fourth-order valence-corrected chi connectivity index (χ4v) is 5.25. The Morgan fingerprint density at radius 3 is 1.24 bits per heavy atom. The molecule has 0 aliphatic carbocycles. The number of benzene rings is 6. The number of hydrogen-bond acceptors (Lipinski definition) is 3. The van der Waals surface area contributed by atoms with Crippen molar-refractivity contribution < 1.29 is 4.42 Å². The second kappa shape index (κ2) is 15.4. The van der Waals surface area contributed by atoms with Gasteiger partial charge in [-0.3, -0.25) is 0 Å². The van der Waals surface area contributed by atoms with Crippen molar-refractivity contribution in [3.8, 4) is 0 Å². The van der Waals surface area contributed by atoms with Gasteiger partial charge in [0.2, 0.25) is 0 Å². The maximum atomic E-state index is 6.12. The number of anilines is 6. The van der Waals surface area contributed by atoms with Crippen molar-refractivity contribution in [2.75, 3.05) is 9.80 Å². The number of para-hydroxylation sites is 4. The molecule has 45 heavy (non-hydrogen) atoms. The van der Waals surface area contributed by atoms with Crippen molar-refractivity contribution in [3.05, 3.63) is 158 Å². The first-order valence-corrected chi connectivity index (χ1v) is 15.9. The molecule has 0 radical (unpaired) electrons. The quantitative estimate of drug-likeness (QED) is 0.192. The normalized spacial score (nSPS) is 10.4. The highest BCUT2D eigenvalue weighted by molar-refractivity contribution is 6.06. The summed E-state index contributed by atoms with van der Waals surface area (Å²) < 4.78 is 6.12. The van der Waals surface area contributed by atoms with Gasteiger partial charge in [0.15, 0.2) is 0 Å². The van der Waals surface area contributed by atoms with E-state index >= 15 is 0 Å². The van der Waals surface area contributed by atoms with Gasteiger partial charge in [0.05, 0.1) is 0 Å². The third-order valence-corrected chi connectivity index (χ3v) is 7.01. The largest absolute Gasteiger partial charge is 0.456 e. The lowest BCUT2D eigenvalue weighted by atomic mass is 10.1. The van der Waals surface area contributed by atoms with Crippen LogP contribution in [0.1, 0.15) is 40.5 Å². The predicted molar refractivity (Wildman–Crippen MR) is 195 cm³/mol. The summed E-state index contributed by atoms with van der Waals surface area (Å²) in [5.41, 5.74) is 8.33. The van der Waals surface area contributed by atoms with Crippen molar-refractivity contribution in [2.24, 2.45) is 0 Å². The van der Waals surface area contributed by atoms with Crippen LogP contribution in [-0.4, -0.2) is 0 Å². The van der Waals surface area contributed by atoms with Gasteiger partial charge in [-0.2, -0.15) is 0 Å². The molecule has 1 aromatic heterocycles. The minimum absolute atomic E-state index is 0.890. The highest BCUT2D eigenvalue weighted by Crippen LogP contribution is 2.41. The van der Waals surface area contributed by atoms with Crippen LogP contribution in [0.2, 0.25) is 0 Å². The summed E-state index contributed by atoms with van der Waals surface area (Å²) in [5.74, 6) is 0. The lowest BCUT2D eigenvalue weighted by Crippen LogP contribution is -2.13. The molecule has 0 amide bonds. The van der Waals surface area contributed by atoms with Gasteiger partial charge in [-0.1, -0.05) is 119 Å². The van der Waals surface area contributed by atoms with Crippen LogP contribution in [0, 0.1) is 0 Å². The summed E-state index contributed by atoms with van der Waals surface area (Å²) in [4.78, 5) is 4.60. The molecule has 7 rings (SSSR count). The Labute approximate surface area is 268 Å². The Kier molecular flexibility index (Phi) is 10.7. The summed E-state index contributed by atoms with van der Waals surface area (Å²) in [6.45, 7) is 8.50. The third-order valence-electron chi connectivity index (χ3n) is 7.01. The Balaban J connectivity index is 0.000000620. The van der Waals surface area contributed by atoms with Gasteiger partial charge in [-0.25, -0.2) is 0 Å². The zero-order chi connectivity index (χ0) is 31.4. The molecule has 3 heteroatoms. The van der Waals surface area contributed by atoms with Gasteiger partial charge in [-0.05, 0) is 78.9 Å². The van der Waals surface area contributed by atoms with E-state index < -0.39 is 0 Å². The molecule has 0 bridgehead atoms. The van der Waals surface area contributed by atoms with Gasteiger partial charge in [-0.15, -0.1) is 0 Å². The van der Waals surface area contributed by atoms with Crippen LogP contribution in [0.3, 0.4) is 0 Å². The molecule has 0 fully saturated rings. The highest BCUT2D eigenvalue weighted by atomic mass is 16.3. The summed E-state index contributed by atoms with van der Waals surface area (Å²) in [5, 5.41) is 2.23. The van der Waals surface area contributed by atoms with E-state index in [1.165, 1.54) is 12.8 Å². The molecule has 0 N–H and O–H groups in total. The van der Waals surface area contributed by atoms with E-state index in [-0.39, 0.29) is 0 Å². The van der Waals surface area contributed by atoms with Gasteiger partial charge in [0.25, 0.3) is 0 Å². The average Bonchev–Trinajstić information content (AvgIpc) is 3.46. The molecule has 6 aromatic carbocycles. The third kappa shape index (κ3) is 7.27. The summed E-state index contributed by atoms with van der Waals surface area (Å²) in [6.07, 6.45) is 2.50. The van der Waals surface area contributed by atoms with Crippen LogP contribution >= 0.6 is 0 Å². The van der Waals surface area contributed by atoms with Gasteiger partial charge >= 0.3 is 0 Å². The summed E-state index contributed by atoms with van der Waals surface area (Å²) >= 11 is 0. The topological polar surface area (TPSA) is 19.6 Å². The van der Waals surface area contributed by atoms with E-state index in [0.29, 0.717) is 0 Å². The van der Waals surface area contributed by atoms with E-state index in [0.717, 1.165) is 56.1 Å². The lowest BCUT2D eigenvalue weighted by Gasteiger charge is -2.29. The number of hydrogen-bond donors (Lipinski definition) is 0. The molecule has 226 valence electrons. The Morgan fingerprint density at radius 1 is 0.356 bits per heavy atom. The second-order valence-corrected chi connectivity index (χ2v) is 10.9. The van der Waals surface area contributed by atoms with Crippen molar-refractivity contribution in [2.45, 2.75) is 40.5 Å². The zero-order valence-electron chi connectivity index (χ0n) is 26.7. The van der Waals surface area contributed by atoms with Crippen molar-refractivity contribution >= 4 is 56.1 Å². The van der Waals surface area contributed by atoms with Crippen LogP contribution in [0.15, 0.2) is 162 Å². The number of fused-ring (bicyclic) bond motifs is 3. The van der Waals surface area contributed by atoms with Crippen LogP contribution in [0.25, 0.3) is 21.9 Å². The number of nitrogens with zero attached hydrogens (tertiary/aromatic N) is 2. The second-order valence-electron chi connectivity index (χ2n) is 10.9. The lowest BCUT2D eigenvalue weighted by molar-refractivity contribution is 0.669.